The average molecular weight is 347 g/mol. The van der Waals surface area contributed by atoms with Crippen LogP contribution in [0.2, 0.25) is 0 Å². The Morgan fingerprint density at radius 3 is 2.43 bits per heavy atom. The lowest BCUT2D eigenvalue weighted by molar-refractivity contribution is 0.0696. The van der Waals surface area contributed by atoms with Crippen molar-refractivity contribution < 1.29 is 9.90 Å². The number of carbonyl (C=O) groups is 1. The summed E-state index contributed by atoms with van der Waals surface area (Å²) in [5.41, 5.74) is 3.17. The SMILES string of the molecule is CN1CCN(c2cccc(Br)c2C(=O)O)c2ccccc21. The number of anilines is 3. The highest BCUT2D eigenvalue weighted by Gasteiger charge is 2.25. The van der Waals surface area contributed by atoms with E-state index >= 15 is 0 Å². The minimum Gasteiger partial charge on any atom is -0.478 e. The number of halogens is 1. The first-order valence-electron chi connectivity index (χ1n) is 6.69. The molecule has 0 radical (unpaired) electrons. The minimum absolute atomic E-state index is 0.303. The van der Waals surface area contributed by atoms with Gasteiger partial charge in [0.2, 0.25) is 0 Å². The third-order valence-electron chi connectivity index (χ3n) is 3.74. The van der Waals surface area contributed by atoms with Gasteiger partial charge < -0.3 is 14.9 Å². The van der Waals surface area contributed by atoms with Crippen molar-refractivity contribution in [2.75, 3.05) is 29.9 Å². The molecular formula is C16H15BrN2O2. The van der Waals surface area contributed by atoms with E-state index in [1.807, 2.05) is 30.3 Å². The number of carboxylic acids is 1. The first-order valence-corrected chi connectivity index (χ1v) is 7.48. The Labute approximate surface area is 131 Å². The lowest BCUT2D eigenvalue weighted by Gasteiger charge is -2.37. The van der Waals surface area contributed by atoms with Gasteiger partial charge >= 0.3 is 5.97 Å². The van der Waals surface area contributed by atoms with Crippen molar-refractivity contribution in [2.24, 2.45) is 0 Å². The Morgan fingerprint density at radius 2 is 1.71 bits per heavy atom. The molecule has 0 amide bonds. The molecule has 0 saturated carbocycles. The number of fused-ring (bicyclic) bond motifs is 1. The van der Waals surface area contributed by atoms with Crippen LogP contribution in [0.5, 0.6) is 0 Å². The Bertz CT molecular complexity index is 702. The standard InChI is InChI=1S/C16H15BrN2O2/c1-18-9-10-19(13-7-3-2-6-12(13)18)14-8-4-5-11(17)15(14)16(20)21/h2-8H,9-10H2,1H3,(H,20,21). The summed E-state index contributed by atoms with van der Waals surface area (Å²) in [6.45, 7) is 1.60. The fourth-order valence-corrected chi connectivity index (χ4v) is 3.23. The van der Waals surface area contributed by atoms with Crippen LogP contribution in [0.3, 0.4) is 0 Å². The van der Waals surface area contributed by atoms with E-state index in [1.165, 1.54) is 0 Å². The fourth-order valence-electron chi connectivity index (χ4n) is 2.71. The zero-order valence-corrected chi connectivity index (χ0v) is 13.2. The molecule has 0 unspecified atom stereocenters. The number of para-hydroxylation sites is 2. The van der Waals surface area contributed by atoms with E-state index in [0.29, 0.717) is 10.0 Å². The van der Waals surface area contributed by atoms with Crippen LogP contribution in [-0.4, -0.2) is 31.2 Å². The summed E-state index contributed by atoms with van der Waals surface area (Å²) in [5, 5.41) is 9.51. The maximum absolute atomic E-state index is 11.6. The van der Waals surface area contributed by atoms with E-state index in [2.05, 4.69) is 38.8 Å². The topological polar surface area (TPSA) is 43.8 Å². The van der Waals surface area contributed by atoms with Gasteiger partial charge in [0.15, 0.2) is 0 Å². The molecule has 0 saturated heterocycles. The molecule has 2 aromatic carbocycles. The highest BCUT2D eigenvalue weighted by atomic mass is 79.9. The van der Waals surface area contributed by atoms with E-state index in [1.54, 1.807) is 6.07 Å². The molecule has 3 rings (SSSR count). The summed E-state index contributed by atoms with van der Waals surface area (Å²) >= 11 is 3.35. The summed E-state index contributed by atoms with van der Waals surface area (Å²) in [6, 6.07) is 13.5. The van der Waals surface area contributed by atoms with Crippen molar-refractivity contribution in [3.05, 3.63) is 52.5 Å². The van der Waals surface area contributed by atoms with Crippen LogP contribution < -0.4 is 9.80 Å². The first kappa shape index (κ1) is 13.9. The smallest absolute Gasteiger partial charge is 0.338 e. The highest BCUT2D eigenvalue weighted by molar-refractivity contribution is 9.10. The first-order chi connectivity index (χ1) is 10.1. The van der Waals surface area contributed by atoms with Gasteiger partial charge in [0.1, 0.15) is 0 Å². The van der Waals surface area contributed by atoms with E-state index in [9.17, 15) is 9.90 Å². The number of hydrogen-bond donors (Lipinski definition) is 1. The van der Waals surface area contributed by atoms with Gasteiger partial charge in [-0.2, -0.15) is 0 Å². The zero-order chi connectivity index (χ0) is 15.0. The largest absolute Gasteiger partial charge is 0.478 e. The van der Waals surface area contributed by atoms with Gasteiger partial charge in [-0.15, -0.1) is 0 Å². The average Bonchev–Trinajstić information content (AvgIpc) is 2.47. The van der Waals surface area contributed by atoms with Crippen molar-refractivity contribution in [1.29, 1.82) is 0 Å². The molecule has 1 aliphatic heterocycles. The number of benzene rings is 2. The number of rotatable bonds is 2. The van der Waals surface area contributed by atoms with E-state index in [4.69, 9.17) is 0 Å². The van der Waals surface area contributed by atoms with Crippen molar-refractivity contribution >= 4 is 39.0 Å². The molecular weight excluding hydrogens is 332 g/mol. The Hall–Kier alpha value is -2.01. The molecule has 0 aromatic heterocycles. The minimum atomic E-state index is -0.922. The van der Waals surface area contributed by atoms with Crippen LogP contribution in [0.15, 0.2) is 46.9 Å². The summed E-state index contributed by atoms with van der Waals surface area (Å²) in [7, 11) is 2.05. The summed E-state index contributed by atoms with van der Waals surface area (Å²) in [6.07, 6.45) is 0. The quantitative estimate of drug-likeness (QED) is 0.899. The van der Waals surface area contributed by atoms with E-state index in [0.717, 1.165) is 30.2 Å². The predicted octanol–water partition coefficient (Wildman–Crippen LogP) is 3.74. The molecule has 1 heterocycles. The number of carboxylic acid groups (broad SMARTS) is 1. The van der Waals surface area contributed by atoms with Gasteiger partial charge in [-0.05, 0) is 40.2 Å². The van der Waals surface area contributed by atoms with Crippen molar-refractivity contribution in [3.8, 4) is 0 Å². The number of aromatic carboxylic acids is 1. The third-order valence-corrected chi connectivity index (χ3v) is 4.40. The highest BCUT2D eigenvalue weighted by Crippen LogP contribution is 2.39. The molecule has 21 heavy (non-hydrogen) atoms. The lowest BCUT2D eigenvalue weighted by atomic mass is 10.1. The summed E-state index contributed by atoms with van der Waals surface area (Å²) in [4.78, 5) is 15.9. The maximum atomic E-state index is 11.6. The van der Waals surface area contributed by atoms with Crippen molar-refractivity contribution in [2.45, 2.75) is 0 Å². The van der Waals surface area contributed by atoms with Gasteiger partial charge in [-0.25, -0.2) is 4.79 Å². The molecule has 0 aliphatic carbocycles. The molecule has 4 nitrogen and oxygen atoms in total. The van der Waals surface area contributed by atoms with Crippen LogP contribution in [-0.2, 0) is 0 Å². The molecule has 0 spiro atoms. The van der Waals surface area contributed by atoms with Gasteiger partial charge in [-0.1, -0.05) is 18.2 Å². The second-order valence-corrected chi connectivity index (χ2v) is 5.86. The Kier molecular flexibility index (Phi) is 3.59. The third kappa shape index (κ3) is 2.38. The predicted molar refractivity (Wildman–Crippen MR) is 87.8 cm³/mol. The normalized spacial score (nSPS) is 14.0. The van der Waals surface area contributed by atoms with Crippen LogP contribution in [0, 0.1) is 0 Å². The van der Waals surface area contributed by atoms with Crippen molar-refractivity contribution in [3.63, 3.8) is 0 Å². The van der Waals surface area contributed by atoms with Gasteiger partial charge in [0.05, 0.1) is 22.6 Å². The van der Waals surface area contributed by atoms with E-state index < -0.39 is 5.97 Å². The van der Waals surface area contributed by atoms with Crippen LogP contribution >= 0.6 is 15.9 Å². The van der Waals surface area contributed by atoms with E-state index in [-0.39, 0.29) is 0 Å². The second-order valence-electron chi connectivity index (χ2n) is 5.00. The lowest BCUT2D eigenvalue weighted by Crippen LogP contribution is -2.37. The number of likely N-dealkylation sites (N-methyl/N-ethyl adjacent to an activating group) is 1. The summed E-state index contributed by atoms with van der Waals surface area (Å²) in [5.74, 6) is -0.922. The molecule has 0 fully saturated rings. The van der Waals surface area contributed by atoms with Gasteiger partial charge in [0, 0.05) is 24.6 Å². The van der Waals surface area contributed by atoms with Crippen LogP contribution in [0.4, 0.5) is 17.1 Å². The van der Waals surface area contributed by atoms with Gasteiger partial charge in [0.25, 0.3) is 0 Å². The monoisotopic (exact) mass is 346 g/mol. The zero-order valence-electron chi connectivity index (χ0n) is 11.6. The molecule has 0 bridgehead atoms. The molecule has 0 atom stereocenters. The molecule has 108 valence electrons. The molecule has 1 N–H and O–H groups in total. The van der Waals surface area contributed by atoms with Gasteiger partial charge in [-0.3, -0.25) is 0 Å². The molecule has 2 aromatic rings. The number of hydrogen-bond acceptors (Lipinski definition) is 3. The maximum Gasteiger partial charge on any atom is 0.338 e. The number of nitrogens with zero attached hydrogens (tertiary/aromatic N) is 2. The van der Waals surface area contributed by atoms with Crippen LogP contribution in [0.1, 0.15) is 10.4 Å². The Morgan fingerprint density at radius 1 is 1.05 bits per heavy atom. The van der Waals surface area contributed by atoms with Crippen molar-refractivity contribution in [1.82, 2.24) is 0 Å². The fraction of sp³-hybridized carbons (Fsp3) is 0.188. The van der Waals surface area contributed by atoms with Crippen LogP contribution in [0.25, 0.3) is 0 Å². The summed E-state index contributed by atoms with van der Waals surface area (Å²) < 4.78 is 0.601. The molecule has 1 aliphatic rings. The Balaban J connectivity index is 2.17. The molecule has 5 heteroatoms. The second kappa shape index (κ2) is 5.41.